The molecule has 106 valence electrons. The van der Waals surface area contributed by atoms with E-state index in [0.717, 1.165) is 23.8 Å². The first-order chi connectivity index (χ1) is 8.37. The lowest BCUT2D eigenvalue weighted by atomic mass is 9.72. The van der Waals surface area contributed by atoms with E-state index in [4.69, 9.17) is 0 Å². The molecule has 2 aliphatic carbocycles. The van der Waals surface area contributed by atoms with Crippen LogP contribution < -0.4 is 5.32 Å². The molecule has 0 spiro atoms. The molecule has 3 atom stereocenters. The molecule has 1 N–H and O–H groups in total. The van der Waals surface area contributed by atoms with E-state index >= 15 is 0 Å². The van der Waals surface area contributed by atoms with Crippen molar-refractivity contribution in [2.45, 2.75) is 72.8 Å². The Hall–Kier alpha value is -0.0400. The summed E-state index contributed by atoms with van der Waals surface area (Å²) in [5.74, 6) is 2.73. The van der Waals surface area contributed by atoms with Crippen LogP contribution in [0.2, 0.25) is 0 Å². The summed E-state index contributed by atoms with van der Waals surface area (Å²) in [5, 5.41) is 3.71. The predicted octanol–water partition coefficient (Wildman–Crippen LogP) is 4.47. The molecule has 0 aromatic heterocycles. The van der Waals surface area contributed by atoms with Crippen LogP contribution in [0.15, 0.2) is 0 Å². The van der Waals surface area contributed by atoms with Gasteiger partial charge in [0.15, 0.2) is 0 Å². The van der Waals surface area contributed by atoms with E-state index < -0.39 is 0 Å². The molecule has 3 unspecified atom stereocenters. The Kier molecular flexibility index (Phi) is 3.84. The van der Waals surface area contributed by atoms with Gasteiger partial charge in [-0.3, -0.25) is 0 Å². The van der Waals surface area contributed by atoms with Crippen molar-refractivity contribution in [2.24, 2.45) is 28.6 Å². The van der Waals surface area contributed by atoms with Gasteiger partial charge in [0.2, 0.25) is 0 Å². The second-order valence-electron chi connectivity index (χ2n) is 7.85. The van der Waals surface area contributed by atoms with Crippen molar-refractivity contribution in [3.05, 3.63) is 0 Å². The number of hydrogen-bond acceptors (Lipinski definition) is 1. The quantitative estimate of drug-likeness (QED) is 0.777. The van der Waals surface area contributed by atoms with E-state index in [2.05, 4.69) is 47.0 Å². The van der Waals surface area contributed by atoms with Gasteiger partial charge in [-0.15, -0.1) is 0 Å². The summed E-state index contributed by atoms with van der Waals surface area (Å²) >= 11 is 0. The van der Waals surface area contributed by atoms with Crippen molar-refractivity contribution >= 4 is 0 Å². The minimum Gasteiger partial charge on any atom is -0.316 e. The van der Waals surface area contributed by atoms with Crippen LogP contribution in [0.5, 0.6) is 0 Å². The lowest BCUT2D eigenvalue weighted by Gasteiger charge is -2.38. The Morgan fingerprint density at radius 1 is 1.06 bits per heavy atom. The average Bonchev–Trinajstić information content (AvgIpc) is 2.74. The molecule has 1 heteroatoms. The minimum absolute atomic E-state index is 0.510. The summed E-state index contributed by atoms with van der Waals surface area (Å²) in [4.78, 5) is 0. The molecule has 0 radical (unpaired) electrons. The third kappa shape index (κ3) is 2.03. The van der Waals surface area contributed by atoms with Crippen molar-refractivity contribution in [3.8, 4) is 0 Å². The summed E-state index contributed by atoms with van der Waals surface area (Å²) in [5.41, 5.74) is 1.02. The van der Waals surface area contributed by atoms with Crippen LogP contribution in [0.4, 0.5) is 0 Å². The van der Waals surface area contributed by atoms with E-state index in [1.54, 1.807) is 0 Å². The van der Waals surface area contributed by atoms with Gasteiger partial charge in [0.25, 0.3) is 0 Å². The Morgan fingerprint density at radius 2 is 1.61 bits per heavy atom. The SMILES string of the molecule is CCC1CCCCC1C(NC)C1C(C)(C)C1(C)C. The van der Waals surface area contributed by atoms with Gasteiger partial charge in [0.1, 0.15) is 0 Å². The van der Waals surface area contributed by atoms with E-state index in [-0.39, 0.29) is 0 Å². The zero-order valence-electron chi connectivity index (χ0n) is 13.3. The lowest BCUT2D eigenvalue weighted by molar-refractivity contribution is 0.154. The molecule has 0 aromatic rings. The molecular formula is C17H33N. The molecule has 1 nitrogen and oxygen atoms in total. The fraction of sp³-hybridized carbons (Fsp3) is 1.00. The normalized spacial score (nSPS) is 36.3. The average molecular weight is 251 g/mol. The van der Waals surface area contributed by atoms with Crippen molar-refractivity contribution in [1.29, 1.82) is 0 Å². The molecule has 0 bridgehead atoms. The molecular weight excluding hydrogens is 218 g/mol. The van der Waals surface area contributed by atoms with E-state index in [1.165, 1.54) is 32.1 Å². The molecule has 2 aliphatic rings. The maximum absolute atomic E-state index is 3.71. The highest BCUT2D eigenvalue weighted by Crippen LogP contribution is 2.70. The summed E-state index contributed by atoms with van der Waals surface area (Å²) in [7, 11) is 2.19. The van der Waals surface area contributed by atoms with Crippen LogP contribution in [0.25, 0.3) is 0 Å². The van der Waals surface area contributed by atoms with E-state index in [0.29, 0.717) is 10.8 Å². The first-order valence-electron chi connectivity index (χ1n) is 8.05. The first-order valence-corrected chi connectivity index (χ1v) is 8.05. The van der Waals surface area contributed by atoms with Crippen molar-refractivity contribution in [3.63, 3.8) is 0 Å². The van der Waals surface area contributed by atoms with Gasteiger partial charge >= 0.3 is 0 Å². The van der Waals surface area contributed by atoms with Crippen LogP contribution in [0.3, 0.4) is 0 Å². The third-order valence-electron chi connectivity index (χ3n) is 6.78. The standard InChI is InChI=1S/C17H33N/c1-7-12-10-8-9-11-13(12)14(18-6)15-16(2,3)17(15,4)5/h12-15,18H,7-11H2,1-6H3. The largest absolute Gasteiger partial charge is 0.316 e. The highest BCUT2D eigenvalue weighted by Gasteiger charge is 2.67. The number of hydrogen-bond donors (Lipinski definition) is 1. The Balaban J connectivity index is 2.14. The molecule has 18 heavy (non-hydrogen) atoms. The predicted molar refractivity (Wildman–Crippen MR) is 79.6 cm³/mol. The Bertz CT molecular complexity index is 278. The van der Waals surface area contributed by atoms with Gasteiger partial charge in [-0.1, -0.05) is 60.3 Å². The molecule has 2 fully saturated rings. The summed E-state index contributed by atoms with van der Waals surface area (Å²) in [6.07, 6.45) is 7.20. The number of nitrogens with one attached hydrogen (secondary N) is 1. The van der Waals surface area contributed by atoms with Crippen molar-refractivity contribution < 1.29 is 0 Å². The Morgan fingerprint density at radius 3 is 2.06 bits per heavy atom. The lowest BCUT2D eigenvalue weighted by Crippen LogP contribution is -2.42. The van der Waals surface area contributed by atoms with Gasteiger partial charge in [-0.25, -0.2) is 0 Å². The smallest absolute Gasteiger partial charge is 0.0134 e. The first kappa shape index (κ1) is 14.4. The Labute approximate surface area is 114 Å². The van der Waals surface area contributed by atoms with Crippen LogP contribution >= 0.6 is 0 Å². The highest BCUT2D eigenvalue weighted by molar-refractivity contribution is 5.17. The van der Waals surface area contributed by atoms with E-state index in [9.17, 15) is 0 Å². The molecule has 0 heterocycles. The maximum Gasteiger partial charge on any atom is 0.0134 e. The number of rotatable bonds is 4. The van der Waals surface area contributed by atoms with Gasteiger partial charge in [0.05, 0.1) is 0 Å². The topological polar surface area (TPSA) is 12.0 Å². The van der Waals surface area contributed by atoms with Crippen molar-refractivity contribution in [2.75, 3.05) is 7.05 Å². The summed E-state index contributed by atoms with van der Waals surface area (Å²) in [6, 6.07) is 0.736. The maximum atomic E-state index is 3.71. The fourth-order valence-corrected chi connectivity index (χ4v) is 4.99. The van der Waals surface area contributed by atoms with Gasteiger partial charge < -0.3 is 5.32 Å². The summed E-state index contributed by atoms with van der Waals surface area (Å²) < 4.78 is 0. The molecule has 0 aromatic carbocycles. The minimum atomic E-state index is 0.510. The molecule has 0 aliphatic heterocycles. The molecule has 0 saturated heterocycles. The molecule has 2 saturated carbocycles. The van der Waals surface area contributed by atoms with Crippen molar-refractivity contribution in [1.82, 2.24) is 5.32 Å². The molecule has 0 amide bonds. The zero-order chi connectivity index (χ0) is 13.6. The third-order valence-corrected chi connectivity index (χ3v) is 6.78. The zero-order valence-corrected chi connectivity index (χ0v) is 13.3. The molecule has 2 rings (SSSR count). The van der Waals surface area contributed by atoms with Crippen LogP contribution in [-0.4, -0.2) is 13.1 Å². The van der Waals surface area contributed by atoms with Crippen LogP contribution in [0, 0.1) is 28.6 Å². The second-order valence-corrected chi connectivity index (χ2v) is 7.85. The van der Waals surface area contributed by atoms with Crippen LogP contribution in [-0.2, 0) is 0 Å². The van der Waals surface area contributed by atoms with Crippen LogP contribution in [0.1, 0.15) is 66.7 Å². The fourth-order valence-electron chi connectivity index (χ4n) is 4.99. The monoisotopic (exact) mass is 251 g/mol. The van der Waals surface area contributed by atoms with Gasteiger partial charge in [0, 0.05) is 6.04 Å². The van der Waals surface area contributed by atoms with E-state index in [1.807, 2.05) is 0 Å². The second kappa shape index (κ2) is 4.81. The van der Waals surface area contributed by atoms with Gasteiger partial charge in [-0.2, -0.15) is 0 Å². The van der Waals surface area contributed by atoms with Gasteiger partial charge in [-0.05, 0) is 42.1 Å². The summed E-state index contributed by atoms with van der Waals surface area (Å²) in [6.45, 7) is 12.2. The highest BCUT2D eigenvalue weighted by atomic mass is 14.9.